The van der Waals surface area contributed by atoms with Crippen LogP contribution in [-0.4, -0.2) is 49.1 Å². The number of hydrogen-bond donors (Lipinski definition) is 1. The van der Waals surface area contributed by atoms with E-state index >= 15 is 0 Å². The minimum Gasteiger partial charge on any atom is -0.330 e. The lowest BCUT2D eigenvalue weighted by Gasteiger charge is -2.31. The number of nitrogens with two attached hydrogens (primary N) is 1. The molecule has 0 saturated carbocycles. The van der Waals surface area contributed by atoms with Crippen molar-refractivity contribution in [1.82, 2.24) is 4.31 Å². The van der Waals surface area contributed by atoms with Gasteiger partial charge in [0.2, 0.25) is 10.0 Å². The number of thioether (sulfide) groups is 1. The van der Waals surface area contributed by atoms with Gasteiger partial charge in [0.15, 0.2) is 0 Å². The fourth-order valence-electron chi connectivity index (χ4n) is 1.59. The summed E-state index contributed by atoms with van der Waals surface area (Å²) in [5.74, 6) is 1.12. The van der Waals surface area contributed by atoms with Crippen LogP contribution in [0.2, 0.25) is 0 Å². The molecule has 1 unspecified atom stereocenters. The van der Waals surface area contributed by atoms with Crippen molar-refractivity contribution in [2.45, 2.75) is 25.0 Å². The molecule has 2 N–H and O–H groups in total. The fraction of sp³-hybridized carbons (Fsp3) is 1.00. The van der Waals surface area contributed by atoms with Gasteiger partial charge in [-0.25, -0.2) is 8.42 Å². The average Bonchev–Trinajstić information content (AvgIpc) is 2.26. The summed E-state index contributed by atoms with van der Waals surface area (Å²) in [4.78, 5) is 0. The first-order chi connectivity index (χ1) is 7.10. The van der Waals surface area contributed by atoms with E-state index in [0.29, 0.717) is 31.3 Å². The minimum atomic E-state index is -3.05. The Labute approximate surface area is 96.6 Å². The van der Waals surface area contributed by atoms with E-state index in [2.05, 4.69) is 6.92 Å². The van der Waals surface area contributed by atoms with Gasteiger partial charge in [0.05, 0.1) is 5.75 Å². The third-order valence-corrected chi connectivity index (χ3v) is 5.85. The van der Waals surface area contributed by atoms with Crippen LogP contribution < -0.4 is 5.73 Å². The Hall–Kier alpha value is 0.220. The summed E-state index contributed by atoms with van der Waals surface area (Å²) in [6, 6.07) is 0. The van der Waals surface area contributed by atoms with E-state index in [1.807, 2.05) is 11.8 Å². The van der Waals surface area contributed by atoms with Crippen molar-refractivity contribution in [1.29, 1.82) is 0 Å². The second-order valence-corrected chi connectivity index (χ2v) is 7.21. The van der Waals surface area contributed by atoms with Crippen molar-refractivity contribution in [3.05, 3.63) is 0 Å². The molecule has 1 aliphatic heterocycles. The molecule has 90 valence electrons. The third kappa shape index (κ3) is 3.94. The predicted molar refractivity (Wildman–Crippen MR) is 65.6 cm³/mol. The Balaban J connectivity index is 2.54. The van der Waals surface area contributed by atoms with Crippen LogP contribution in [0.4, 0.5) is 0 Å². The van der Waals surface area contributed by atoms with Gasteiger partial charge in [-0.15, -0.1) is 0 Å². The molecule has 1 fully saturated rings. The molecule has 0 aromatic carbocycles. The number of rotatable bonds is 5. The molecule has 1 rings (SSSR count). The molecule has 6 heteroatoms. The Kier molecular flexibility index (Phi) is 5.38. The highest BCUT2D eigenvalue weighted by atomic mass is 32.2. The lowest BCUT2D eigenvalue weighted by molar-refractivity contribution is 0.415. The molecule has 1 heterocycles. The molecule has 1 atom stereocenters. The van der Waals surface area contributed by atoms with Gasteiger partial charge in [-0.3, -0.25) is 0 Å². The lowest BCUT2D eigenvalue weighted by Crippen LogP contribution is -2.43. The van der Waals surface area contributed by atoms with Crippen LogP contribution in [0.15, 0.2) is 0 Å². The third-order valence-electron chi connectivity index (χ3n) is 2.56. The standard InChI is InChI=1S/C9H20N2O2S2/c1-2-9-8-11(5-6-14-9)15(12,13)7-3-4-10/h9H,2-8,10H2,1H3. The van der Waals surface area contributed by atoms with Crippen LogP contribution >= 0.6 is 11.8 Å². The normalized spacial score (nSPS) is 24.3. The molecule has 0 aliphatic carbocycles. The largest absolute Gasteiger partial charge is 0.330 e. The van der Waals surface area contributed by atoms with Crippen LogP contribution in [0, 0.1) is 0 Å². The Morgan fingerprint density at radius 3 is 2.87 bits per heavy atom. The SMILES string of the molecule is CCC1CN(S(=O)(=O)CCCN)CCS1. The van der Waals surface area contributed by atoms with Gasteiger partial charge in [0.1, 0.15) is 0 Å². The Bertz CT molecular complexity index is 280. The first-order valence-corrected chi connectivity index (χ1v) is 8.05. The Morgan fingerprint density at radius 2 is 2.27 bits per heavy atom. The number of sulfonamides is 1. The van der Waals surface area contributed by atoms with Crippen LogP contribution in [0.3, 0.4) is 0 Å². The van der Waals surface area contributed by atoms with Crippen LogP contribution in [0.1, 0.15) is 19.8 Å². The summed E-state index contributed by atoms with van der Waals surface area (Å²) >= 11 is 1.88. The maximum Gasteiger partial charge on any atom is 0.214 e. The Morgan fingerprint density at radius 1 is 1.53 bits per heavy atom. The van der Waals surface area contributed by atoms with Crippen molar-refractivity contribution in [2.24, 2.45) is 5.73 Å². The smallest absolute Gasteiger partial charge is 0.214 e. The summed E-state index contributed by atoms with van der Waals surface area (Å²) < 4.78 is 25.4. The molecule has 1 saturated heterocycles. The lowest BCUT2D eigenvalue weighted by atomic mass is 10.3. The molecule has 0 bridgehead atoms. The second-order valence-electron chi connectivity index (χ2n) is 3.72. The van der Waals surface area contributed by atoms with Gasteiger partial charge < -0.3 is 5.73 Å². The van der Waals surface area contributed by atoms with Crippen molar-refractivity contribution in [2.75, 3.05) is 31.1 Å². The van der Waals surface area contributed by atoms with Gasteiger partial charge in [0, 0.05) is 24.1 Å². The molecule has 0 radical (unpaired) electrons. The predicted octanol–water partition coefficient (Wildman–Crippen LogP) is 0.492. The molecule has 4 nitrogen and oxygen atoms in total. The van der Waals surface area contributed by atoms with E-state index in [1.165, 1.54) is 0 Å². The molecular formula is C9H20N2O2S2. The highest BCUT2D eigenvalue weighted by Gasteiger charge is 2.27. The van der Waals surface area contributed by atoms with Gasteiger partial charge in [-0.2, -0.15) is 16.1 Å². The van der Waals surface area contributed by atoms with E-state index in [0.717, 1.165) is 12.2 Å². The fourth-order valence-corrected chi connectivity index (χ4v) is 4.54. The zero-order valence-electron chi connectivity index (χ0n) is 9.18. The van der Waals surface area contributed by atoms with Crippen LogP contribution in [0.25, 0.3) is 0 Å². The zero-order chi connectivity index (χ0) is 11.3. The van der Waals surface area contributed by atoms with E-state index in [-0.39, 0.29) is 5.75 Å². The number of hydrogen-bond acceptors (Lipinski definition) is 4. The van der Waals surface area contributed by atoms with E-state index < -0.39 is 10.0 Å². The van der Waals surface area contributed by atoms with Crippen molar-refractivity contribution < 1.29 is 8.42 Å². The summed E-state index contributed by atoms with van der Waals surface area (Å²) in [5.41, 5.74) is 5.33. The van der Waals surface area contributed by atoms with Gasteiger partial charge in [-0.1, -0.05) is 6.92 Å². The molecule has 0 spiro atoms. The first kappa shape index (κ1) is 13.3. The maximum absolute atomic E-state index is 11.9. The molecule has 0 aromatic rings. The summed E-state index contributed by atoms with van der Waals surface area (Å²) in [6.45, 7) is 3.88. The van der Waals surface area contributed by atoms with Gasteiger partial charge in [-0.05, 0) is 19.4 Å². The zero-order valence-corrected chi connectivity index (χ0v) is 10.8. The molecular weight excluding hydrogens is 232 g/mol. The summed E-state index contributed by atoms with van der Waals surface area (Å²) in [7, 11) is -3.05. The highest BCUT2D eigenvalue weighted by molar-refractivity contribution is 8.00. The first-order valence-electron chi connectivity index (χ1n) is 5.39. The second kappa shape index (κ2) is 6.08. The van der Waals surface area contributed by atoms with Crippen LogP contribution in [0.5, 0.6) is 0 Å². The molecule has 1 aliphatic rings. The van der Waals surface area contributed by atoms with E-state index in [1.54, 1.807) is 4.31 Å². The molecule has 0 aromatic heterocycles. The van der Waals surface area contributed by atoms with Crippen molar-refractivity contribution in [3.63, 3.8) is 0 Å². The summed E-state index contributed by atoms with van der Waals surface area (Å²) in [5, 5.41) is 0.464. The number of nitrogens with zero attached hydrogens (tertiary/aromatic N) is 1. The average molecular weight is 252 g/mol. The van der Waals surface area contributed by atoms with E-state index in [9.17, 15) is 8.42 Å². The van der Waals surface area contributed by atoms with E-state index in [4.69, 9.17) is 5.73 Å². The van der Waals surface area contributed by atoms with Crippen molar-refractivity contribution >= 4 is 21.8 Å². The van der Waals surface area contributed by atoms with Crippen molar-refractivity contribution in [3.8, 4) is 0 Å². The minimum absolute atomic E-state index is 0.199. The maximum atomic E-state index is 11.9. The highest BCUT2D eigenvalue weighted by Crippen LogP contribution is 2.23. The molecule has 0 amide bonds. The van der Waals surface area contributed by atoms with Gasteiger partial charge >= 0.3 is 0 Å². The monoisotopic (exact) mass is 252 g/mol. The van der Waals surface area contributed by atoms with Gasteiger partial charge in [0.25, 0.3) is 0 Å². The quantitative estimate of drug-likeness (QED) is 0.773. The van der Waals surface area contributed by atoms with Crippen LogP contribution in [-0.2, 0) is 10.0 Å². The summed E-state index contributed by atoms with van der Waals surface area (Å²) in [6.07, 6.45) is 1.59. The topological polar surface area (TPSA) is 63.4 Å². The molecule has 15 heavy (non-hydrogen) atoms.